The van der Waals surface area contributed by atoms with E-state index in [9.17, 15) is 0 Å². The van der Waals surface area contributed by atoms with Crippen LogP contribution in [0.15, 0.2) is 36.5 Å². The first kappa shape index (κ1) is 12.4. The van der Waals surface area contributed by atoms with E-state index in [0.29, 0.717) is 5.57 Å². The molecule has 0 bridgehead atoms. The maximum absolute atomic E-state index is 8.40. The van der Waals surface area contributed by atoms with Gasteiger partial charge in [0.1, 0.15) is 0 Å². The third kappa shape index (κ3) is 5.17. The number of hydrogen-bond acceptors (Lipinski definition) is 1. The van der Waals surface area contributed by atoms with Gasteiger partial charge in [-0.25, -0.2) is 0 Å². The molecular formula is C10H15N. The fourth-order valence-electron chi connectivity index (χ4n) is 0.405. The van der Waals surface area contributed by atoms with Gasteiger partial charge in [-0.1, -0.05) is 39.2 Å². The molecule has 0 aromatic carbocycles. The summed E-state index contributed by atoms with van der Waals surface area (Å²) >= 11 is 0. The SMILES string of the molecule is C=C/C(C)=C(/C#N)C=C.CC. The van der Waals surface area contributed by atoms with Crippen molar-refractivity contribution in [1.82, 2.24) is 0 Å². The normalized spacial score (nSPS) is 9.64. The number of hydrogen-bond donors (Lipinski definition) is 0. The third-order valence-electron chi connectivity index (χ3n) is 1.06. The predicted molar refractivity (Wildman–Crippen MR) is 50.1 cm³/mol. The molecule has 0 aliphatic heterocycles. The average Bonchev–Trinajstić information content (AvgIpc) is 2.10. The molecule has 0 spiro atoms. The summed E-state index contributed by atoms with van der Waals surface area (Å²) in [5.41, 5.74) is 1.46. The van der Waals surface area contributed by atoms with E-state index >= 15 is 0 Å². The van der Waals surface area contributed by atoms with E-state index in [1.54, 1.807) is 6.08 Å². The van der Waals surface area contributed by atoms with E-state index in [4.69, 9.17) is 5.26 Å². The van der Waals surface area contributed by atoms with Crippen molar-refractivity contribution >= 4 is 0 Å². The molecule has 0 heterocycles. The first-order valence-electron chi connectivity index (χ1n) is 3.62. The van der Waals surface area contributed by atoms with E-state index in [2.05, 4.69) is 13.2 Å². The summed E-state index contributed by atoms with van der Waals surface area (Å²) in [4.78, 5) is 0. The monoisotopic (exact) mass is 149 g/mol. The van der Waals surface area contributed by atoms with Crippen molar-refractivity contribution in [2.75, 3.05) is 0 Å². The summed E-state index contributed by atoms with van der Waals surface area (Å²) in [6.45, 7) is 12.8. The largest absolute Gasteiger partial charge is 0.192 e. The van der Waals surface area contributed by atoms with E-state index in [-0.39, 0.29) is 0 Å². The van der Waals surface area contributed by atoms with Crippen LogP contribution in [0.3, 0.4) is 0 Å². The molecule has 0 rings (SSSR count). The predicted octanol–water partition coefficient (Wildman–Crippen LogP) is 3.22. The summed E-state index contributed by atoms with van der Waals surface area (Å²) in [6, 6.07) is 1.99. The van der Waals surface area contributed by atoms with Gasteiger partial charge in [-0.05, 0) is 12.5 Å². The summed E-state index contributed by atoms with van der Waals surface area (Å²) < 4.78 is 0. The summed E-state index contributed by atoms with van der Waals surface area (Å²) in [5, 5.41) is 8.40. The zero-order valence-corrected chi connectivity index (χ0v) is 7.52. The third-order valence-corrected chi connectivity index (χ3v) is 1.06. The van der Waals surface area contributed by atoms with Gasteiger partial charge in [0.15, 0.2) is 0 Å². The van der Waals surface area contributed by atoms with Crippen LogP contribution in [-0.4, -0.2) is 0 Å². The van der Waals surface area contributed by atoms with Crippen LogP contribution in [0.4, 0.5) is 0 Å². The second-order valence-corrected chi connectivity index (χ2v) is 1.62. The maximum atomic E-state index is 8.40. The van der Waals surface area contributed by atoms with Crippen molar-refractivity contribution in [1.29, 1.82) is 5.26 Å². The molecule has 1 heteroatoms. The van der Waals surface area contributed by atoms with Crippen molar-refractivity contribution in [2.45, 2.75) is 20.8 Å². The van der Waals surface area contributed by atoms with Crippen LogP contribution in [0.2, 0.25) is 0 Å². The van der Waals surface area contributed by atoms with Gasteiger partial charge in [0.2, 0.25) is 0 Å². The molecule has 0 radical (unpaired) electrons. The molecule has 0 aliphatic rings. The second-order valence-electron chi connectivity index (χ2n) is 1.62. The Hall–Kier alpha value is -1.29. The number of allylic oxidation sites excluding steroid dienone is 4. The second kappa shape index (κ2) is 8.71. The lowest BCUT2D eigenvalue weighted by Crippen LogP contribution is -1.75. The molecular weight excluding hydrogens is 134 g/mol. The highest BCUT2D eigenvalue weighted by molar-refractivity contribution is 5.39. The summed E-state index contributed by atoms with van der Waals surface area (Å²) in [5.74, 6) is 0. The van der Waals surface area contributed by atoms with E-state index in [1.807, 2.05) is 26.8 Å². The van der Waals surface area contributed by atoms with Gasteiger partial charge in [0.25, 0.3) is 0 Å². The van der Waals surface area contributed by atoms with Gasteiger partial charge in [-0.2, -0.15) is 5.26 Å². The van der Waals surface area contributed by atoms with Crippen molar-refractivity contribution < 1.29 is 0 Å². The Balaban J connectivity index is 0. The Bertz CT molecular complexity index is 191. The van der Waals surface area contributed by atoms with Crippen LogP contribution in [-0.2, 0) is 0 Å². The fourth-order valence-corrected chi connectivity index (χ4v) is 0.405. The molecule has 0 aliphatic carbocycles. The Labute approximate surface area is 69.4 Å². The van der Waals surface area contributed by atoms with Gasteiger partial charge in [0, 0.05) is 0 Å². The summed E-state index contributed by atoms with van der Waals surface area (Å²) in [7, 11) is 0. The molecule has 0 aromatic heterocycles. The van der Waals surface area contributed by atoms with Crippen molar-refractivity contribution in [3.05, 3.63) is 36.5 Å². The zero-order chi connectivity index (χ0) is 9.28. The molecule has 0 saturated heterocycles. The minimum atomic E-state index is 0.588. The number of nitriles is 1. The smallest absolute Gasteiger partial charge is 0.0994 e. The quantitative estimate of drug-likeness (QED) is 0.437. The molecule has 0 atom stereocenters. The van der Waals surface area contributed by atoms with Gasteiger partial charge in [-0.15, -0.1) is 0 Å². The first-order valence-corrected chi connectivity index (χ1v) is 3.62. The van der Waals surface area contributed by atoms with Crippen LogP contribution >= 0.6 is 0 Å². The average molecular weight is 149 g/mol. The van der Waals surface area contributed by atoms with E-state index < -0.39 is 0 Å². The highest BCUT2D eigenvalue weighted by atomic mass is 14.2. The van der Waals surface area contributed by atoms with Crippen LogP contribution in [0.5, 0.6) is 0 Å². The highest BCUT2D eigenvalue weighted by Gasteiger charge is 1.89. The zero-order valence-electron chi connectivity index (χ0n) is 7.52. The fraction of sp³-hybridized carbons (Fsp3) is 0.300. The molecule has 0 N–H and O–H groups in total. The lowest BCUT2D eigenvalue weighted by Gasteiger charge is -1.89. The lowest BCUT2D eigenvalue weighted by atomic mass is 10.1. The first-order chi connectivity index (χ1) is 5.26. The van der Waals surface area contributed by atoms with Crippen molar-refractivity contribution in [3.8, 4) is 6.07 Å². The van der Waals surface area contributed by atoms with Gasteiger partial charge in [0.05, 0.1) is 11.6 Å². The van der Waals surface area contributed by atoms with E-state index in [1.165, 1.54) is 6.08 Å². The summed E-state index contributed by atoms with van der Waals surface area (Å²) in [6.07, 6.45) is 3.16. The Kier molecular flexibility index (Phi) is 9.81. The molecule has 0 saturated carbocycles. The molecule has 60 valence electrons. The number of nitrogens with zero attached hydrogens (tertiary/aromatic N) is 1. The van der Waals surface area contributed by atoms with Crippen LogP contribution in [0, 0.1) is 11.3 Å². The van der Waals surface area contributed by atoms with Crippen LogP contribution < -0.4 is 0 Å². The van der Waals surface area contributed by atoms with Crippen molar-refractivity contribution in [3.63, 3.8) is 0 Å². The van der Waals surface area contributed by atoms with Gasteiger partial charge in [-0.3, -0.25) is 0 Å². The molecule has 0 aromatic rings. The molecule has 0 amide bonds. The van der Waals surface area contributed by atoms with E-state index in [0.717, 1.165) is 5.57 Å². The maximum Gasteiger partial charge on any atom is 0.0994 e. The molecule has 1 nitrogen and oxygen atoms in total. The van der Waals surface area contributed by atoms with Gasteiger partial charge >= 0.3 is 0 Å². The molecule has 0 unspecified atom stereocenters. The number of rotatable bonds is 2. The lowest BCUT2D eigenvalue weighted by molar-refractivity contribution is 1.43. The molecule has 0 fully saturated rings. The Morgan fingerprint density at radius 3 is 1.82 bits per heavy atom. The van der Waals surface area contributed by atoms with Gasteiger partial charge < -0.3 is 0 Å². The Morgan fingerprint density at radius 2 is 1.73 bits per heavy atom. The standard InChI is InChI=1S/C8H9N.C2H6/c1-4-7(3)8(5-2)6-9;1-2/h4-5H,1-2H2,3H3;1-2H3/b8-7+;. The van der Waals surface area contributed by atoms with Crippen LogP contribution in [0.25, 0.3) is 0 Å². The minimum Gasteiger partial charge on any atom is -0.192 e. The topological polar surface area (TPSA) is 23.8 Å². The minimum absolute atomic E-state index is 0.588. The van der Waals surface area contributed by atoms with Crippen LogP contribution in [0.1, 0.15) is 20.8 Å². The Morgan fingerprint density at radius 1 is 1.27 bits per heavy atom. The molecule has 11 heavy (non-hydrogen) atoms. The van der Waals surface area contributed by atoms with Crippen molar-refractivity contribution in [2.24, 2.45) is 0 Å². The highest BCUT2D eigenvalue weighted by Crippen LogP contribution is 2.03.